The molecule has 0 saturated heterocycles. The van der Waals surface area contributed by atoms with Crippen molar-refractivity contribution in [3.05, 3.63) is 11.4 Å². The Kier molecular flexibility index (Phi) is 5.11. The Morgan fingerprint density at radius 1 is 1.37 bits per heavy atom. The molecule has 0 bridgehead atoms. The minimum atomic E-state index is -0.480. The normalized spacial score (nSPS) is 14.5. The summed E-state index contributed by atoms with van der Waals surface area (Å²) in [6.45, 7) is 12.0. The van der Waals surface area contributed by atoms with Crippen LogP contribution in [0.25, 0.3) is 0 Å². The van der Waals surface area contributed by atoms with Gasteiger partial charge >= 0.3 is 0 Å². The fraction of sp³-hybridized carbons (Fsp3) is 0.714. The highest BCUT2D eigenvalue weighted by Gasteiger charge is 2.22. The molecule has 3 N–H and O–H groups in total. The standard InChI is InChI=1S/C14H26N4O/c1-7-9(4)12(15)14(19)16-13-10(5)17-18(8(2)3)11(13)6/h8-9,12H,7,15H2,1-6H3,(H,16,19)/t9?,12-/m0/s1. The summed E-state index contributed by atoms with van der Waals surface area (Å²) in [5.74, 6) is 0.0320. The van der Waals surface area contributed by atoms with Crippen LogP contribution >= 0.6 is 0 Å². The van der Waals surface area contributed by atoms with Gasteiger partial charge in [0.2, 0.25) is 5.91 Å². The minimum Gasteiger partial charge on any atom is -0.322 e. The molecule has 108 valence electrons. The molecule has 0 radical (unpaired) electrons. The first-order chi connectivity index (χ1) is 8.79. The lowest BCUT2D eigenvalue weighted by molar-refractivity contribution is -0.118. The van der Waals surface area contributed by atoms with Crippen molar-refractivity contribution in [1.82, 2.24) is 9.78 Å². The molecule has 1 unspecified atom stereocenters. The maximum atomic E-state index is 12.1. The summed E-state index contributed by atoms with van der Waals surface area (Å²) in [6, 6.07) is -0.209. The van der Waals surface area contributed by atoms with E-state index >= 15 is 0 Å². The van der Waals surface area contributed by atoms with Crippen LogP contribution in [0.3, 0.4) is 0 Å². The monoisotopic (exact) mass is 266 g/mol. The van der Waals surface area contributed by atoms with E-state index in [9.17, 15) is 4.79 Å². The zero-order valence-electron chi connectivity index (χ0n) is 12.8. The van der Waals surface area contributed by atoms with Crippen molar-refractivity contribution in [1.29, 1.82) is 0 Å². The van der Waals surface area contributed by atoms with Crippen molar-refractivity contribution in [3.63, 3.8) is 0 Å². The molecular formula is C14H26N4O. The average molecular weight is 266 g/mol. The Hall–Kier alpha value is -1.36. The zero-order chi connectivity index (χ0) is 14.7. The third kappa shape index (κ3) is 3.35. The van der Waals surface area contributed by atoms with Crippen molar-refractivity contribution in [2.45, 2.75) is 60.0 Å². The molecule has 5 nitrogen and oxygen atoms in total. The van der Waals surface area contributed by atoms with Crippen LogP contribution in [-0.4, -0.2) is 21.7 Å². The van der Waals surface area contributed by atoms with E-state index in [4.69, 9.17) is 5.73 Å². The minimum absolute atomic E-state index is 0.135. The van der Waals surface area contributed by atoms with Crippen LogP contribution in [0.1, 0.15) is 51.5 Å². The van der Waals surface area contributed by atoms with Crippen LogP contribution in [0.15, 0.2) is 0 Å². The van der Waals surface area contributed by atoms with Crippen LogP contribution in [-0.2, 0) is 4.79 Å². The van der Waals surface area contributed by atoms with E-state index in [1.807, 2.05) is 32.4 Å². The van der Waals surface area contributed by atoms with E-state index in [-0.39, 0.29) is 17.9 Å². The highest BCUT2D eigenvalue weighted by molar-refractivity contribution is 5.95. The topological polar surface area (TPSA) is 72.9 Å². The number of nitrogens with two attached hydrogens (primary N) is 1. The Balaban J connectivity index is 2.91. The van der Waals surface area contributed by atoms with E-state index in [1.165, 1.54) is 0 Å². The summed E-state index contributed by atoms with van der Waals surface area (Å²) in [5.41, 5.74) is 8.54. The van der Waals surface area contributed by atoms with E-state index < -0.39 is 6.04 Å². The molecule has 0 aliphatic rings. The van der Waals surface area contributed by atoms with Crippen molar-refractivity contribution < 1.29 is 4.79 Å². The molecule has 1 amide bonds. The molecule has 0 fully saturated rings. The number of aryl methyl sites for hydroxylation is 1. The molecule has 0 aliphatic carbocycles. The van der Waals surface area contributed by atoms with Gasteiger partial charge in [0.15, 0.2) is 0 Å². The number of hydrogen-bond donors (Lipinski definition) is 2. The molecule has 0 spiro atoms. The first-order valence-corrected chi connectivity index (χ1v) is 6.91. The van der Waals surface area contributed by atoms with Gasteiger partial charge in [0, 0.05) is 6.04 Å². The van der Waals surface area contributed by atoms with Gasteiger partial charge in [0.25, 0.3) is 0 Å². The van der Waals surface area contributed by atoms with Gasteiger partial charge in [-0.05, 0) is 33.6 Å². The first-order valence-electron chi connectivity index (χ1n) is 6.91. The van der Waals surface area contributed by atoms with Crippen molar-refractivity contribution in [2.75, 3.05) is 5.32 Å². The zero-order valence-corrected chi connectivity index (χ0v) is 12.8. The SMILES string of the molecule is CCC(C)[C@H](N)C(=O)Nc1c(C)nn(C(C)C)c1C. The molecule has 1 aromatic rings. The number of carbonyl (C=O) groups excluding carboxylic acids is 1. The summed E-state index contributed by atoms with van der Waals surface area (Å²) in [7, 11) is 0. The largest absolute Gasteiger partial charge is 0.322 e. The van der Waals surface area contributed by atoms with Gasteiger partial charge in [0.1, 0.15) is 0 Å². The lowest BCUT2D eigenvalue weighted by Gasteiger charge is -2.18. The van der Waals surface area contributed by atoms with Gasteiger partial charge in [-0.3, -0.25) is 9.48 Å². The van der Waals surface area contributed by atoms with Crippen LogP contribution < -0.4 is 11.1 Å². The molecule has 1 aromatic heterocycles. The summed E-state index contributed by atoms with van der Waals surface area (Å²) < 4.78 is 1.92. The van der Waals surface area contributed by atoms with Crippen molar-refractivity contribution in [3.8, 4) is 0 Å². The number of nitrogens with zero attached hydrogens (tertiary/aromatic N) is 2. The summed E-state index contributed by atoms with van der Waals surface area (Å²) in [5, 5.41) is 7.37. The number of carbonyl (C=O) groups is 1. The molecule has 1 heterocycles. The number of amides is 1. The Morgan fingerprint density at radius 3 is 2.37 bits per heavy atom. The number of anilines is 1. The van der Waals surface area contributed by atoms with E-state index in [0.29, 0.717) is 0 Å². The van der Waals surface area contributed by atoms with Gasteiger partial charge in [-0.2, -0.15) is 5.10 Å². The van der Waals surface area contributed by atoms with Crippen LogP contribution in [0, 0.1) is 19.8 Å². The van der Waals surface area contributed by atoms with E-state index in [2.05, 4.69) is 24.3 Å². The first kappa shape index (κ1) is 15.7. The number of aromatic nitrogens is 2. The van der Waals surface area contributed by atoms with Crippen LogP contribution in [0.4, 0.5) is 5.69 Å². The Bertz CT molecular complexity index is 451. The number of hydrogen-bond acceptors (Lipinski definition) is 3. The molecule has 0 aromatic carbocycles. The smallest absolute Gasteiger partial charge is 0.241 e. The molecule has 5 heteroatoms. The second kappa shape index (κ2) is 6.19. The second-order valence-electron chi connectivity index (χ2n) is 5.48. The van der Waals surface area contributed by atoms with Gasteiger partial charge in [-0.25, -0.2) is 0 Å². The maximum absolute atomic E-state index is 12.1. The molecule has 0 saturated carbocycles. The number of rotatable bonds is 5. The molecule has 19 heavy (non-hydrogen) atoms. The van der Waals surface area contributed by atoms with Gasteiger partial charge < -0.3 is 11.1 Å². The summed E-state index contributed by atoms with van der Waals surface area (Å²) >= 11 is 0. The highest BCUT2D eigenvalue weighted by Crippen LogP contribution is 2.23. The van der Waals surface area contributed by atoms with E-state index in [0.717, 1.165) is 23.5 Å². The molecule has 1 rings (SSSR count). The fourth-order valence-electron chi connectivity index (χ4n) is 2.07. The van der Waals surface area contributed by atoms with Crippen molar-refractivity contribution in [2.24, 2.45) is 11.7 Å². The molecule has 2 atom stereocenters. The highest BCUT2D eigenvalue weighted by atomic mass is 16.2. The Morgan fingerprint density at radius 2 is 1.95 bits per heavy atom. The predicted molar refractivity (Wildman–Crippen MR) is 78.1 cm³/mol. The quantitative estimate of drug-likeness (QED) is 0.859. The third-order valence-corrected chi connectivity index (χ3v) is 3.62. The maximum Gasteiger partial charge on any atom is 0.241 e. The Labute approximate surface area is 115 Å². The summed E-state index contributed by atoms with van der Waals surface area (Å²) in [4.78, 5) is 12.1. The third-order valence-electron chi connectivity index (χ3n) is 3.62. The van der Waals surface area contributed by atoms with Crippen LogP contribution in [0.2, 0.25) is 0 Å². The van der Waals surface area contributed by atoms with Gasteiger partial charge in [-0.15, -0.1) is 0 Å². The lowest BCUT2D eigenvalue weighted by atomic mass is 9.99. The average Bonchev–Trinajstić information content (AvgIpc) is 2.64. The molecule has 0 aliphatic heterocycles. The van der Waals surface area contributed by atoms with E-state index in [1.54, 1.807) is 0 Å². The van der Waals surface area contributed by atoms with Gasteiger partial charge in [-0.1, -0.05) is 20.3 Å². The van der Waals surface area contributed by atoms with Crippen molar-refractivity contribution >= 4 is 11.6 Å². The number of nitrogens with one attached hydrogen (secondary N) is 1. The second-order valence-corrected chi connectivity index (χ2v) is 5.48. The lowest BCUT2D eigenvalue weighted by Crippen LogP contribution is -2.40. The fourth-order valence-corrected chi connectivity index (χ4v) is 2.07. The summed E-state index contributed by atoms with van der Waals surface area (Å²) in [6.07, 6.45) is 0.887. The molecular weight excluding hydrogens is 240 g/mol. The van der Waals surface area contributed by atoms with Crippen LogP contribution in [0.5, 0.6) is 0 Å². The van der Waals surface area contributed by atoms with Gasteiger partial charge in [0.05, 0.1) is 23.1 Å². The predicted octanol–water partition coefficient (Wildman–Crippen LogP) is 2.39.